The molecule has 152 valence electrons. The van der Waals surface area contributed by atoms with Gasteiger partial charge in [0.05, 0.1) is 18.8 Å². The third-order valence-corrected chi connectivity index (χ3v) is 4.49. The third-order valence-electron chi connectivity index (χ3n) is 4.20. The zero-order valence-corrected chi connectivity index (χ0v) is 15.6. The number of nitrogens with one attached hydrogen (secondary N) is 1. The van der Waals surface area contributed by atoms with Crippen LogP contribution in [0.4, 0.5) is 19.0 Å². The molecule has 0 saturated carbocycles. The van der Waals surface area contributed by atoms with Crippen molar-refractivity contribution in [3.8, 4) is 11.8 Å². The van der Waals surface area contributed by atoms with E-state index in [1.807, 2.05) is 0 Å². The molecule has 0 radical (unpaired) electrons. The fraction of sp³-hybridized carbons (Fsp3) is 0.353. The van der Waals surface area contributed by atoms with Crippen molar-refractivity contribution in [2.75, 3.05) is 18.6 Å². The maximum Gasteiger partial charge on any atom is 0.419 e. The van der Waals surface area contributed by atoms with Gasteiger partial charge in [0.25, 0.3) is 0 Å². The zero-order valence-electron chi connectivity index (χ0n) is 14.8. The molecular formula is C17H17ClF3N3O4. The molecule has 0 bridgehead atoms. The summed E-state index contributed by atoms with van der Waals surface area (Å²) in [6, 6.07) is 1.78. The van der Waals surface area contributed by atoms with Crippen molar-refractivity contribution in [1.29, 1.82) is 0 Å². The summed E-state index contributed by atoms with van der Waals surface area (Å²) in [4.78, 5) is 3.61. The standard InChI is InChI=1S/C17H17ClF3N3O4/c1-9-10(5-6-16(2)27-7-8-28-16)15(26)24(14(9)25)23-12-4-3-11(13(18)22-12)17(19,20)21/h3-6,25-26H,7-8H2,1-2H3,(H,22,23)/b6-5+. The molecule has 0 atom stereocenters. The molecule has 3 rings (SSSR count). The number of nitrogens with zero attached hydrogens (tertiary/aromatic N) is 2. The molecule has 28 heavy (non-hydrogen) atoms. The first kappa shape index (κ1) is 20.3. The van der Waals surface area contributed by atoms with Gasteiger partial charge in [-0.25, -0.2) is 4.98 Å². The van der Waals surface area contributed by atoms with Crippen molar-refractivity contribution in [2.24, 2.45) is 0 Å². The topological polar surface area (TPSA) is 88.8 Å². The van der Waals surface area contributed by atoms with E-state index in [0.717, 1.165) is 16.8 Å². The van der Waals surface area contributed by atoms with Crippen molar-refractivity contribution < 1.29 is 32.9 Å². The monoisotopic (exact) mass is 419 g/mol. The Morgan fingerprint density at radius 1 is 1.25 bits per heavy atom. The second kappa shape index (κ2) is 7.19. The molecule has 11 heteroatoms. The first-order valence-corrected chi connectivity index (χ1v) is 8.51. The predicted molar refractivity (Wildman–Crippen MR) is 95.1 cm³/mol. The molecule has 2 aromatic heterocycles. The fourth-order valence-corrected chi connectivity index (χ4v) is 2.93. The van der Waals surface area contributed by atoms with Crippen molar-refractivity contribution in [1.82, 2.24) is 9.66 Å². The number of pyridine rings is 1. The van der Waals surface area contributed by atoms with Crippen molar-refractivity contribution in [3.63, 3.8) is 0 Å². The normalized spacial score (nSPS) is 16.8. The Kier molecular flexibility index (Phi) is 5.22. The summed E-state index contributed by atoms with van der Waals surface area (Å²) < 4.78 is 50.1. The molecule has 1 saturated heterocycles. The van der Waals surface area contributed by atoms with E-state index < -0.39 is 22.7 Å². The van der Waals surface area contributed by atoms with Gasteiger partial charge in [-0.2, -0.15) is 17.8 Å². The molecule has 0 aromatic carbocycles. The van der Waals surface area contributed by atoms with E-state index in [4.69, 9.17) is 21.1 Å². The first-order chi connectivity index (χ1) is 13.0. The molecule has 2 aromatic rings. The number of halogens is 4. The van der Waals surface area contributed by atoms with Crippen LogP contribution in [-0.4, -0.2) is 38.9 Å². The van der Waals surface area contributed by atoms with Gasteiger partial charge in [0.2, 0.25) is 11.8 Å². The lowest BCUT2D eigenvalue weighted by atomic mass is 10.1. The Bertz CT molecular complexity index is 921. The average molecular weight is 420 g/mol. The summed E-state index contributed by atoms with van der Waals surface area (Å²) in [5, 5.41) is 19.9. The van der Waals surface area contributed by atoms with Crippen molar-refractivity contribution in [2.45, 2.75) is 25.8 Å². The lowest BCUT2D eigenvalue weighted by Gasteiger charge is -2.17. The Morgan fingerprint density at radius 2 is 1.89 bits per heavy atom. The van der Waals surface area contributed by atoms with Crippen molar-refractivity contribution >= 4 is 23.5 Å². The van der Waals surface area contributed by atoms with Crippen molar-refractivity contribution in [3.05, 3.63) is 40.1 Å². The van der Waals surface area contributed by atoms with Gasteiger partial charge in [0.15, 0.2) is 5.79 Å². The van der Waals surface area contributed by atoms with E-state index in [-0.39, 0.29) is 23.1 Å². The Morgan fingerprint density at radius 3 is 2.46 bits per heavy atom. The smallest absolute Gasteiger partial charge is 0.419 e. The van der Waals surface area contributed by atoms with E-state index >= 15 is 0 Å². The molecule has 0 aliphatic carbocycles. The molecule has 0 spiro atoms. The van der Waals surface area contributed by atoms with Gasteiger partial charge >= 0.3 is 6.18 Å². The zero-order chi connectivity index (χ0) is 20.7. The van der Waals surface area contributed by atoms with Crippen LogP contribution < -0.4 is 5.43 Å². The van der Waals surface area contributed by atoms with Gasteiger partial charge in [-0.3, -0.25) is 5.43 Å². The second-order valence-electron chi connectivity index (χ2n) is 6.21. The van der Waals surface area contributed by atoms with Crippen LogP contribution in [0.5, 0.6) is 11.8 Å². The van der Waals surface area contributed by atoms with E-state index in [1.165, 1.54) is 6.08 Å². The van der Waals surface area contributed by atoms with E-state index in [9.17, 15) is 23.4 Å². The summed E-state index contributed by atoms with van der Waals surface area (Å²) in [5.41, 5.74) is 2.01. The first-order valence-electron chi connectivity index (χ1n) is 8.13. The summed E-state index contributed by atoms with van der Waals surface area (Å²) in [6.07, 6.45) is -1.55. The number of aromatic nitrogens is 2. The maximum atomic E-state index is 12.8. The van der Waals surface area contributed by atoms with Gasteiger partial charge in [0.1, 0.15) is 11.0 Å². The number of ether oxygens (including phenoxy) is 2. The summed E-state index contributed by atoms with van der Waals surface area (Å²) >= 11 is 5.59. The molecule has 1 fully saturated rings. The highest BCUT2D eigenvalue weighted by Crippen LogP contribution is 2.37. The van der Waals surface area contributed by atoms with Crippen LogP contribution in [0.3, 0.4) is 0 Å². The molecule has 7 nitrogen and oxygen atoms in total. The molecule has 3 heterocycles. The van der Waals surface area contributed by atoms with E-state index in [1.54, 1.807) is 19.9 Å². The average Bonchev–Trinajstić information content (AvgIpc) is 3.11. The quantitative estimate of drug-likeness (QED) is 0.651. The Labute approximate surface area is 162 Å². The number of hydrogen-bond acceptors (Lipinski definition) is 6. The van der Waals surface area contributed by atoms with E-state index in [0.29, 0.717) is 18.8 Å². The minimum absolute atomic E-state index is 0.108. The molecular weight excluding hydrogens is 403 g/mol. The largest absolute Gasteiger partial charge is 0.493 e. The van der Waals surface area contributed by atoms with E-state index in [2.05, 4.69) is 10.4 Å². The molecule has 0 unspecified atom stereocenters. The lowest BCUT2D eigenvalue weighted by molar-refractivity contribution is -0.137. The molecule has 1 aliphatic rings. The van der Waals surface area contributed by atoms with Gasteiger partial charge in [-0.15, -0.1) is 0 Å². The highest BCUT2D eigenvalue weighted by atomic mass is 35.5. The summed E-state index contributed by atoms with van der Waals surface area (Å²) in [7, 11) is 0. The van der Waals surface area contributed by atoms with Gasteiger partial charge in [0, 0.05) is 11.1 Å². The van der Waals surface area contributed by atoms with Crippen LogP contribution in [-0.2, 0) is 15.7 Å². The number of aromatic hydroxyl groups is 2. The third kappa shape index (κ3) is 3.89. The molecule has 3 N–H and O–H groups in total. The SMILES string of the molecule is Cc1c(/C=C/C2(C)OCCO2)c(O)n(Nc2ccc(C(F)(F)F)c(Cl)n2)c1O. The number of alkyl halides is 3. The second-order valence-corrected chi connectivity index (χ2v) is 6.57. The number of hydrogen-bond donors (Lipinski definition) is 3. The van der Waals surface area contributed by atoms with Gasteiger partial charge in [-0.1, -0.05) is 11.6 Å². The minimum atomic E-state index is -4.64. The fourth-order valence-electron chi connectivity index (χ4n) is 2.67. The highest BCUT2D eigenvalue weighted by Gasteiger charge is 2.34. The molecule has 0 amide bonds. The number of anilines is 1. The van der Waals surface area contributed by atoms with Crippen LogP contribution in [0, 0.1) is 6.92 Å². The van der Waals surface area contributed by atoms with Crippen LogP contribution in [0.15, 0.2) is 18.2 Å². The summed E-state index contributed by atoms with van der Waals surface area (Å²) in [6.45, 7) is 4.12. The van der Waals surface area contributed by atoms with Crippen LogP contribution in [0.2, 0.25) is 5.15 Å². The lowest BCUT2D eigenvalue weighted by Crippen LogP contribution is -2.21. The van der Waals surface area contributed by atoms with Gasteiger partial charge in [-0.05, 0) is 38.1 Å². The van der Waals surface area contributed by atoms with Crippen LogP contribution in [0.1, 0.15) is 23.6 Å². The highest BCUT2D eigenvalue weighted by molar-refractivity contribution is 6.30. The van der Waals surface area contributed by atoms with Gasteiger partial charge < -0.3 is 19.7 Å². The predicted octanol–water partition coefficient (Wildman–Crippen LogP) is 3.93. The Hall–Kier alpha value is -2.43. The van der Waals surface area contributed by atoms with Crippen LogP contribution >= 0.6 is 11.6 Å². The maximum absolute atomic E-state index is 12.8. The Balaban J connectivity index is 1.89. The minimum Gasteiger partial charge on any atom is -0.493 e. The summed E-state index contributed by atoms with van der Waals surface area (Å²) in [5.74, 6) is -1.80. The molecule has 1 aliphatic heterocycles. The number of rotatable bonds is 4. The van der Waals surface area contributed by atoms with Crippen LogP contribution in [0.25, 0.3) is 6.08 Å².